The van der Waals surface area contributed by atoms with Gasteiger partial charge in [-0.05, 0) is 29.7 Å². The summed E-state index contributed by atoms with van der Waals surface area (Å²) in [5.41, 5.74) is 2.03. The summed E-state index contributed by atoms with van der Waals surface area (Å²) in [7, 11) is 0. The minimum atomic E-state index is -0.320. The molecule has 2 rings (SSSR count). The Morgan fingerprint density at radius 2 is 1.71 bits per heavy atom. The fraction of sp³-hybridized carbons (Fsp3) is 0.263. The van der Waals surface area contributed by atoms with E-state index in [0.29, 0.717) is 11.6 Å². The number of carbonyl (C=O) groups is 2. The van der Waals surface area contributed by atoms with E-state index in [9.17, 15) is 9.59 Å². The summed E-state index contributed by atoms with van der Waals surface area (Å²) in [6, 6.07) is 16.7. The van der Waals surface area contributed by atoms with E-state index in [-0.39, 0.29) is 24.3 Å². The summed E-state index contributed by atoms with van der Waals surface area (Å²) in [6.07, 6.45) is 0.948. The van der Waals surface area contributed by atoms with Gasteiger partial charge in [0.05, 0.1) is 12.5 Å². The van der Waals surface area contributed by atoms with E-state index >= 15 is 0 Å². The molecule has 0 aliphatic rings. The monoisotopic (exact) mass is 344 g/mol. The van der Waals surface area contributed by atoms with Gasteiger partial charge in [-0.2, -0.15) is 0 Å². The zero-order valence-electron chi connectivity index (χ0n) is 13.6. The van der Waals surface area contributed by atoms with E-state index in [1.54, 1.807) is 0 Å². The smallest absolute Gasteiger partial charge is 0.222 e. The maximum Gasteiger partial charge on any atom is 0.222 e. The van der Waals surface area contributed by atoms with Crippen molar-refractivity contribution in [3.05, 3.63) is 70.7 Å². The fourth-order valence-corrected chi connectivity index (χ4v) is 2.56. The number of carbonyl (C=O) groups excluding carboxylic acids is 2. The molecule has 0 radical (unpaired) electrons. The molecule has 0 aliphatic carbocycles. The van der Waals surface area contributed by atoms with E-state index in [1.165, 1.54) is 6.92 Å². The van der Waals surface area contributed by atoms with Crippen molar-refractivity contribution in [2.45, 2.75) is 25.8 Å². The first-order chi connectivity index (χ1) is 11.5. The third-order valence-corrected chi connectivity index (χ3v) is 3.87. The number of halogens is 1. The maximum absolute atomic E-state index is 12.2. The van der Waals surface area contributed by atoms with Gasteiger partial charge < -0.3 is 10.6 Å². The molecule has 0 saturated carbocycles. The lowest BCUT2D eigenvalue weighted by molar-refractivity contribution is -0.122. The number of amides is 2. The highest BCUT2D eigenvalue weighted by Gasteiger charge is 2.16. The van der Waals surface area contributed by atoms with Gasteiger partial charge in [-0.15, -0.1) is 0 Å². The number of benzene rings is 2. The molecule has 1 atom stereocenters. The molecular weight excluding hydrogens is 324 g/mol. The lowest BCUT2D eigenvalue weighted by Gasteiger charge is -2.18. The molecule has 126 valence electrons. The standard InChI is InChI=1S/C19H21ClN2O2/c1-14(23)22-18(16-5-3-2-4-6-16)13-19(24)21-12-11-15-7-9-17(20)10-8-15/h2-10,18H,11-13H2,1H3,(H,21,24)(H,22,23). The predicted octanol–water partition coefficient (Wildman–Crippen LogP) is 3.27. The zero-order valence-corrected chi connectivity index (χ0v) is 14.3. The molecule has 4 nitrogen and oxygen atoms in total. The van der Waals surface area contributed by atoms with Gasteiger partial charge in [-0.25, -0.2) is 0 Å². The van der Waals surface area contributed by atoms with E-state index in [1.807, 2.05) is 54.6 Å². The average Bonchev–Trinajstić information content (AvgIpc) is 2.56. The van der Waals surface area contributed by atoms with Gasteiger partial charge in [0.15, 0.2) is 0 Å². The van der Waals surface area contributed by atoms with Crippen molar-refractivity contribution in [2.75, 3.05) is 6.54 Å². The van der Waals surface area contributed by atoms with Gasteiger partial charge in [-0.3, -0.25) is 9.59 Å². The molecule has 0 saturated heterocycles. The zero-order chi connectivity index (χ0) is 17.4. The van der Waals surface area contributed by atoms with Crippen LogP contribution in [0.1, 0.15) is 30.5 Å². The van der Waals surface area contributed by atoms with E-state index in [4.69, 9.17) is 11.6 Å². The predicted molar refractivity (Wildman–Crippen MR) is 95.8 cm³/mol. The maximum atomic E-state index is 12.2. The van der Waals surface area contributed by atoms with Gasteiger partial charge in [0.2, 0.25) is 11.8 Å². The van der Waals surface area contributed by atoms with Gasteiger partial charge in [0, 0.05) is 18.5 Å². The summed E-state index contributed by atoms with van der Waals surface area (Å²) < 4.78 is 0. The molecule has 0 aromatic heterocycles. The average molecular weight is 345 g/mol. The van der Waals surface area contributed by atoms with Crippen LogP contribution >= 0.6 is 11.6 Å². The molecule has 0 spiro atoms. The van der Waals surface area contributed by atoms with E-state index < -0.39 is 0 Å². The van der Waals surface area contributed by atoms with Gasteiger partial charge >= 0.3 is 0 Å². The highest BCUT2D eigenvalue weighted by molar-refractivity contribution is 6.30. The Labute approximate surface area is 147 Å². The summed E-state index contributed by atoms with van der Waals surface area (Å²) >= 11 is 5.85. The summed E-state index contributed by atoms with van der Waals surface area (Å²) in [4.78, 5) is 23.6. The molecule has 2 amide bonds. The Morgan fingerprint density at radius 3 is 2.33 bits per heavy atom. The Hall–Kier alpha value is -2.33. The molecule has 2 aromatic rings. The number of hydrogen-bond donors (Lipinski definition) is 2. The van der Waals surface area contributed by atoms with Crippen molar-refractivity contribution in [1.82, 2.24) is 10.6 Å². The second-order valence-electron chi connectivity index (χ2n) is 5.59. The molecule has 2 N–H and O–H groups in total. The van der Waals surface area contributed by atoms with E-state index in [0.717, 1.165) is 17.5 Å². The lowest BCUT2D eigenvalue weighted by Crippen LogP contribution is -2.33. The van der Waals surface area contributed by atoms with Crippen LogP contribution in [0.2, 0.25) is 5.02 Å². The van der Waals surface area contributed by atoms with Crippen LogP contribution in [0.4, 0.5) is 0 Å². The lowest BCUT2D eigenvalue weighted by atomic mass is 10.0. The van der Waals surface area contributed by atoms with Crippen molar-refractivity contribution in [3.63, 3.8) is 0 Å². The molecule has 0 bridgehead atoms. The van der Waals surface area contributed by atoms with Crippen LogP contribution in [0.25, 0.3) is 0 Å². The Balaban J connectivity index is 1.86. The number of rotatable bonds is 7. The summed E-state index contributed by atoms with van der Waals surface area (Å²) in [5.74, 6) is -0.246. The second kappa shape index (κ2) is 9.08. The van der Waals surface area contributed by atoms with Gasteiger partial charge in [0.1, 0.15) is 0 Å². The van der Waals surface area contributed by atoms with Crippen molar-refractivity contribution < 1.29 is 9.59 Å². The normalized spacial score (nSPS) is 11.6. The third-order valence-electron chi connectivity index (χ3n) is 3.62. The van der Waals surface area contributed by atoms with Crippen LogP contribution in [0.5, 0.6) is 0 Å². The third kappa shape index (κ3) is 6.05. The first-order valence-electron chi connectivity index (χ1n) is 7.88. The largest absolute Gasteiger partial charge is 0.356 e. The van der Waals surface area contributed by atoms with Crippen LogP contribution in [0.15, 0.2) is 54.6 Å². The van der Waals surface area contributed by atoms with Crippen LogP contribution in [0.3, 0.4) is 0 Å². The Morgan fingerprint density at radius 1 is 1.04 bits per heavy atom. The van der Waals surface area contributed by atoms with E-state index in [2.05, 4.69) is 10.6 Å². The Bertz CT molecular complexity index is 672. The molecule has 0 heterocycles. The van der Waals surface area contributed by atoms with Crippen LogP contribution in [0, 0.1) is 0 Å². The van der Waals surface area contributed by atoms with Crippen LogP contribution in [-0.4, -0.2) is 18.4 Å². The second-order valence-corrected chi connectivity index (χ2v) is 6.03. The molecule has 0 fully saturated rings. The first-order valence-corrected chi connectivity index (χ1v) is 8.25. The first kappa shape index (κ1) is 18.0. The minimum Gasteiger partial charge on any atom is -0.356 e. The molecule has 24 heavy (non-hydrogen) atoms. The highest BCUT2D eigenvalue weighted by atomic mass is 35.5. The summed E-state index contributed by atoms with van der Waals surface area (Å²) in [6.45, 7) is 2.00. The topological polar surface area (TPSA) is 58.2 Å². The molecular formula is C19H21ClN2O2. The van der Waals surface area contributed by atoms with Crippen LogP contribution in [-0.2, 0) is 16.0 Å². The summed E-state index contributed by atoms with van der Waals surface area (Å²) in [5, 5.41) is 6.42. The van der Waals surface area contributed by atoms with Crippen molar-refractivity contribution in [1.29, 1.82) is 0 Å². The molecule has 5 heteroatoms. The number of hydrogen-bond acceptors (Lipinski definition) is 2. The van der Waals surface area contributed by atoms with Crippen molar-refractivity contribution in [3.8, 4) is 0 Å². The molecule has 2 aromatic carbocycles. The SMILES string of the molecule is CC(=O)NC(CC(=O)NCCc1ccc(Cl)cc1)c1ccccc1. The molecule has 1 unspecified atom stereocenters. The fourth-order valence-electron chi connectivity index (χ4n) is 2.44. The van der Waals surface area contributed by atoms with Gasteiger partial charge in [-0.1, -0.05) is 54.1 Å². The van der Waals surface area contributed by atoms with Crippen LogP contribution < -0.4 is 10.6 Å². The van der Waals surface area contributed by atoms with Crippen molar-refractivity contribution in [2.24, 2.45) is 0 Å². The Kier molecular flexibility index (Phi) is 6.82. The molecule has 0 aliphatic heterocycles. The quantitative estimate of drug-likeness (QED) is 0.810. The van der Waals surface area contributed by atoms with Gasteiger partial charge in [0.25, 0.3) is 0 Å². The van der Waals surface area contributed by atoms with Crippen molar-refractivity contribution >= 4 is 23.4 Å². The number of nitrogens with one attached hydrogen (secondary N) is 2. The minimum absolute atomic E-state index is 0.0911. The highest BCUT2D eigenvalue weighted by Crippen LogP contribution is 2.16.